The Hall–Kier alpha value is -1.77. The number of benzene rings is 1. The number of thiocarbonyl (C=S) groups is 1. The van der Waals surface area contributed by atoms with E-state index in [0.717, 1.165) is 31.9 Å². The van der Waals surface area contributed by atoms with Crippen molar-refractivity contribution in [3.8, 4) is 0 Å². The Labute approximate surface area is 122 Å². The molecule has 0 aromatic heterocycles. The third-order valence-electron chi connectivity index (χ3n) is 3.21. The number of non-ortho nitro benzene ring substituents is 1. The maximum atomic E-state index is 10.6. The van der Waals surface area contributed by atoms with Gasteiger partial charge in [-0.05, 0) is 24.4 Å². The molecule has 1 heterocycles. The number of quaternary nitrogens is 1. The van der Waals surface area contributed by atoms with Gasteiger partial charge in [0.15, 0.2) is 5.11 Å². The van der Waals surface area contributed by atoms with Gasteiger partial charge in [-0.3, -0.25) is 15.5 Å². The molecule has 108 valence electrons. The van der Waals surface area contributed by atoms with Gasteiger partial charge in [-0.15, -0.1) is 0 Å². The number of hydrogen-bond acceptors (Lipinski definition) is 4. The van der Waals surface area contributed by atoms with E-state index in [1.54, 1.807) is 12.1 Å². The van der Waals surface area contributed by atoms with E-state index in [1.807, 2.05) is 0 Å². The van der Waals surface area contributed by atoms with Crippen molar-refractivity contribution in [3.05, 3.63) is 34.4 Å². The molecule has 1 fully saturated rings. The molecule has 3 N–H and O–H groups in total. The lowest BCUT2D eigenvalue weighted by atomic mass is 10.3. The fourth-order valence-electron chi connectivity index (χ4n) is 1.97. The van der Waals surface area contributed by atoms with Crippen molar-refractivity contribution in [2.45, 2.75) is 0 Å². The zero-order valence-corrected chi connectivity index (χ0v) is 12.1. The van der Waals surface area contributed by atoms with Crippen LogP contribution in [-0.2, 0) is 0 Å². The smallest absolute Gasteiger partial charge is 0.269 e. The summed E-state index contributed by atoms with van der Waals surface area (Å²) in [5, 5.41) is 16.2. The highest BCUT2D eigenvalue weighted by molar-refractivity contribution is 7.80. The van der Waals surface area contributed by atoms with Gasteiger partial charge in [0.25, 0.3) is 5.69 Å². The van der Waals surface area contributed by atoms with Crippen molar-refractivity contribution in [3.63, 3.8) is 0 Å². The summed E-state index contributed by atoms with van der Waals surface area (Å²) in [4.78, 5) is 11.6. The quantitative estimate of drug-likeness (QED) is 0.401. The summed E-state index contributed by atoms with van der Waals surface area (Å²) >= 11 is 5.23. The number of piperazine rings is 1. The van der Waals surface area contributed by atoms with Gasteiger partial charge in [-0.25, -0.2) is 5.01 Å². The molecule has 0 bridgehead atoms. The van der Waals surface area contributed by atoms with Crippen molar-refractivity contribution >= 4 is 28.7 Å². The molecule has 0 amide bonds. The Kier molecular flexibility index (Phi) is 4.83. The number of nitro benzene ring substituents is 1. The van der Waals surface area contributed by atoms with Gasteiger partial charge in [0, 0.05) is 17.8 Å². The molecule has 2 rings (SSSR count). The van der Waals surface area contributed by atoms with Crippen molar-refractivity contribution in [2.75, 3.05) is 38.5 Å². The highest BCUT2D eigenvalue weighted by Gasteiger charge is 2.17. The van der Waals surface area contributed by atoms with E-state index < -0.39 is 4.92 Å². The van der Waals surface area contributed by atoms with Crippen LogP contribution in [0.4, 0.5) is 11.4 Å². The van der Waals surface area contributed by atoms with E-state index in [-0.39, 0.29) is 5.69 Å². The van der Waals surface area contributed by atoms with E-state index in [4.69, 9.17) is 12.2 Å². The standard InChI is InChI=1S/C12H17N5O2S/c1-15-6-8-16(9-7-15)14-12(20)13-10-2-4-11(5-3-10)17(18)19/h2-5H,6-9H2,1H3,(H2,13,14,20)/p+1. The van der Waals surface area contributed by atoms with Gasteiger partial charge >= 0.3 is 0 Å². The highest BCUT2D eigenvalue weighted by atomic mass is 32.1. The molecule has 1 aliphatic heterocycles. The summed E-state index contributed by atoms with van der Waals surface area (Å²) in [5.74, 6) is 0. The van der Waals surface area contributed by atoms with Crippen LogP contribution in [-0.4, -0.2) is 48.3 Å². The van der Waals surface area contributed by atoms with Crippen molar-refractivity contribution in [2.24, 2.45) is 0 Å². The molecule has 7 nitrogen and oxygen atoms in total. The fraction of sp³-hybridized carbons (Fsp3) is 0.417. The third-order valence-corrected chi connectivity index (χ3v) is 3.41. The molecule has 1 aromatic rings. The fourth-order valence-corrected chi connectivity index (χ4v) is 2.22. The number of nitrogens with one attached hydrogen (secondary N) is 3. The van der Waals surface area contributed by atoms with Crippen LogP contribution < -0.4 is 15.6 Å². The average Bonchev–Trinajstić information content (AvgIpc) is 2.42. The normalized spacial score (nSPS) is 16.6. The van der Waals surface area contributed by atoms with Crippen LogP contribution in [0, 0.1) is 10.1 Å². The third kappa shape index (κ3) is 4.12. The molecule has 1 aliphatic rings. The lowest BCUT2D eigenvalue weighted by molar-refractivity contribution is -0.884. The molecule has 0 saturated carbocycles. The second-order valence-electron chi connectivity index (χ2n) is 4.81. The van der Waals surface area contributed by atoms with Gasteiger partial charge in [-0.2, -0.15) is 0 Å². The largest absolute Gasteiger partial charge is 0.335 e. The van der Waals surface area contributed by atoms with Crippen LogP contribution in [0.3, 0.4) is 0 Å². The van der Waals surface area contributed by atoms with Crippen LogP contribution in [0.1, 0.15) is 0 Å². The summed E-state index contributed by atoms with van der Waals surface area (Å²) in [6, 6.07) is 6.18. The number of rotatable bonds is 3. The Balaban J connectivity index is 1.83. The SMILES string of the molecule is C[NH+]1CCN(NC(=S)Nc2ccc([N+](=O)[O-])cc2)CC1. The number of nitro groups is 1. The summed E-state index contributed by atoms with van der Waals surface area (Å²) in [6.07, 6.45) is 0. The first-order valence-electron chi connectivity index (χ1n) is 6.43. The number of hydrogen-bond donors (Lipinski definition) is 3. The Morgan fingerprint density at radius 3 is 2.50 bits per heavy atom. The van der Waals surface area contributed by atoms with Gasteiger partial charge < -0.3 is 10.2 Å². The highest BCUT2D eigenvalue weighted by Crippen LogP contribution is 2.15. The molecule has 20 heavy (non-hydrogen) atoms. The lowest BCUT2D eigenvalue weighted by Crippen LogP contribution is -3.12. The van der Waals surface area contributed by atoms with Gasteiger partial charge in [0.1, 0.15) is 0 Å². The summed E-state index contributed by atoms with van der Waals surface area (Å²) < 4.78 is 0. The summed E-state index contributed by atoms with van der Waals surface area (Å²) in [5.41, 5.74) is 3.93. The van der Waals surface area contributed by atoms with E-state index >= 15 is 0 Å². The van der Waals surface area contributed by atoms with Crippen LogP contribution in [0.5, 0.6) is 0 Å². The van der Waals surface area contributed by atoms with E-state index in [1.165, 1.54) is 17.0 Å². The van der Waals surface area contributed by atoms with Gasteiger partial charge in [0.05, 0.1) is 38.2 Å². The number of nitrogens with zero attached hydrogens (tertiary/aromatic N) is 2. The maximum absolute atomic E-state index is 10.6. The zero-order valence-electron chi connectivity index (χ0n) is 11.3. The first-order valence-corrected chi connectivity index (χ1v) is 6.84. The maximum Gasteiger partial charge on any atom is 0.269 e. The van der Waals surface area contributed by atoms with E-state index in [9.17, 15) is 10.1 Å². The Bertz CT molecular complexity index is 485. The molecule has 8 heteroatoms. The topological polar surface area (TPSA) is 74.9 Å². The average molecular weight is 296 g/mol. The van der Waals surface area contributed by atoms with Gasteiger partial charge in [0.2, 0.25) is 0 Å². The van der Waals surface area contributed by atoms with Gasteiger partial charge in [-0.1, -0.05) is 0 Å². The molecular weight excluding hydrogens is 278 g/mol. The molecule has 1 saturated heterocycles. The second kappa shape index (κ2) is 6.60. The Morgan fingerprint density at radius 1 is 1.35 bits per heavy atom. The van der Waals surface area contributed by atoms with Crippen molar-refractivity contribution < 1.29 is 9.82 Å². The number of hydrazine groups is 1. The number of likely N-dealkylation sites (N-methyl/N-ethyl adjacent to an activating group) is 1. The molecular formula is C12H18N5O2S+. The minimum absolute atomic E-state index is 0.0662. The van der Waals surface area contributed by atoms with Crippen LogP contribution in [0.15, 0.2) is 24.3 Å². The first kappa shape index (κ1) is 14.6. The zero-order chi connectivity index (χ0) is 14.5. The van der Waals surface area contributed by atoms with Crippen LogP contribution in [0.25, 0.3) is 0 Å². The minimum atomic E-state index is -0.424. The lowest BCUT2D eigenvalue weighted by Gasteiger charge is -2.30. The summed E-state index contributed by atoms with van der Waals surface area (Å²) in [6.45, 7) is 4.03. The van der Waals surface area contributed by atoms with E-state index in [0.29, 0.717) is 5.11 Å². The predicted molar refractivity (Wildman–Crippen MR) is 80.6 cm³/mol. The minimum Gasteiger partial charge on any atom is -0.335 e. The predicted octanol–water partition coefficient (Wildman–Crippen LogP) is -0.373. The van der Waals surface area contributed by atoms with Crippen molar-refractivity contribution in [1.29, 1.82) is 0 Å². The van der Waals surface area contributed by atoms with Crippen LogP contribution in [0.2, 0.25) is 0 Å². The molecule has 0 atom stereocenters. The number of anilines is 1. The molecule has 0 unspecified atom stereocenters. The first-order chi connectivity index (χ1) is 9.54. The molecule has 0 radical (unpaired) electrons. The molecule has 1 aromatic carbocycles. The monoisotopic (exact) mass is 296 g/mol. The summed E-state index contributed by atoms with van der Waals surface area (Å²) in [7, 11) is 2.17. The molecule has 0 aliphatic carbocycles. The molecule has 0 spiro atoms. The van der Waals surface area contributed by atoms with Crippen molar-refractivity contribution in [1.82, 2.24) is 10.4 Å². The Morgan fingerprint density at radius 2 is 1.95 bits per heavy atom. The van der Waals surface area contributed by atoms with Crippen LogP contribution >= 0.6 is 12.2 Å². The second-order valence-corrected chi connectivity index (χ2v) is 5.22. The van der Waals surface area contributed by atoms with E-state index in [2.05, 4.69) is 22.8 Å².